The van der Waals surface area contributed by atoms with Crippen LogP contribution in [0.25, 0.3) is 6.08 Å². The summed E-state index contributed by atoms with van der Waals surface area (Å²) in [7, 11) is 0. The lowest BCUT2D eigenvalue weighted by atomic mass is 10.1. The van der Waals surface area contributed by atoms with Crippen molar-refractivity contribution in [2.75, 3.05) is 0 Å². The third kappa shape index (κ3) is 3.38. The number of Topliss-reactive ketones (excluding diaryl/α,β-unsaturated/α-hetero) is 1. The molecule has 1 heterocycles. The number of hydrogen-bond donors (Lipinski definition) is 0. The molecule has 0 amide bonds. The van der Waals surface area contributed by atoms with E-state index in [0.29, 0.717) is 12.1 Å². The van der Waals surface area contributed by atoms with Crippen molar-refractivity contribution in [3.05, 3.63) is 72.1 Å². The minimum atomic E-state index is 0.0396. The number of nitrogens with zero attached hydrogens (tertiary/aromatic N) is 1. The Balaban J connectivity index is 1.95. The van der Waals surface area contributed by atoms with E-state index in [1.807, 2.05) is 48.6 Å². The minimum absolute atomic E-state index is 0.0396. The van der Waals surface area contributed by atoms with E-state index in [-0.39, 0.29) is 5.78 Å². The SMILES string of the molecule is O=C(C/C=C/c1ccccc1)c1ccccn1. The van der Waals surface area contributed by atoms with Gasteiger partial charge in [-0.2, -0.15) is 0 Å². The van der Waals surface area contributed by atoms with Crippen molar-refractivity contribution in [3.63, 3.8) is 0 Å². The Labute approximate surface area is 101 Å². The van der Waals surface area contributed by atoms with Crippen LogP contribution in [0.3, 0.4) is 0 Å². The van der Waals surface area contributed by atoms with Crippen molar-refractivity contribution in [1.29, 1.82) is 0 Å². The average Bonchev–Trinajstić information content (AvgIpc) is 2.41. The molecule has 1 aromatic carbocycles. The molecule has 0 spiro atoms. The Morgan fingerprint density at radius 2 is 1.82 bits per heavy atom. The lowest BCUT2D eigenvalue weighted by molar-refractivity contribution is 0.0991. The second-order valence-corrected chi connectivity index (χ2v) is 3.66. The topological polar surface area (TPSA) is 30.0 Å². The van der Waals surface area contributed by atoms with Crippen molar-refractivity contribution in [3.8, 4) is 0 Å². The maximum absolute atomic E-state index is 11.7. The molecule has 0 fully saturated rings. The highest BCUT2D eigenvalue weighted by Crippen LogP contribution is 2.04. The molecule has 0 bridgehead atoms. The minimum Gasteiger partial charge on any atom is -0.292 e. The average molecular weight is 223 g/mol. The maximum Gasteiger partial charge on any atom is 0.184 e. The number of carbonyl (C=O) groups excluding carboxylic acids is 1. The largest absolute Gasteiger partial charge is 0.292 e. The van der Waals surface area contributed by atoms with Gasteiger partial charge in [-0.05, 0) is 17.7 Å². The molecule has 2 nitrogen and oxygen atoms in total. The van der Waals surface area contributed by atoms with Crippen LogP contribution in [0, 0.1) is 0 Å². The Morgan fingerprint density at radius 1 is 1.06 bits per heavy atom. The zero-order valence-corrected chi connectivity index (χ0v) is 9.41. The highest BCUT2D eigenvalue weighted by atomic mass is 16.1. The molecule has 17 heavy (non-hydrogen) atoms. The predicted molar refractivity (Wildman–Crippen MR) is 68.7 cm³/mol. The van der Waals surface area contributed by atoms with Gasteiger partial charge < -0.3 is 0 Å². The van der Waals surface area contributed by atoms with Gasteiger partial charge in [0.05, 0.1) is 0 Å². The second kappa shape index (κ2) is 5.75. The zero-order chi connectivity index (χ0) is 11.9. The molecule has 84 valence electrons. The molecule has 1 aromatic heterocycles. The quantitative estimate of drug-likeness (QED) is 0.744. The van der Waals surface area contributed by atoms with Gasteiger partial charge in [0, 0.05) is 12.6 Å². The summed E-state index contributed by atoms with van der Waals surface area (Å²) < 4.78 is 0. The number of aromatic nitrogens is 1. The third-order valence-corrected chi connectivity index (χ3v) is 2.36. The number of benzene rings is 1. The molecule has 0 N–H and O–H groups in total. The molecule has 2 rings (SSSR count). The van der Waals surface area contributed by atoms with E-state index >= 15 is 0 Å². The summed E-state index contributed by atoms with van der Waals surface area (Å²) in [6, 6.07) is 15.3. The van der Waals surface area contributed by atoms with E-state index in [9.17, 15) is 4.79 Å². The van der Waals surface area contributed by atoms with Crippen molar-refractivity contribution in [2.24, 2.45) is 0 Å². The van der Waals surface area contributed by atoms with Crippen LogP contribution >= 0.6 is 0 Å². The van der Waals surface area contributed by atoms with Crippen molar-refractivity contribution < 1.29 is 4.79 Å². The van der Waals surface area contributed by atoms with Gasteiger partial charge in [0.25, 0.3) is 0 Å². The van der Waals surface area contributed by atoms with E-state index in [4.69, 9.17) is 0 Å². The third-order valence-electron chi connectivity index (χ3n) is 2.36. The first kappa shape index (κ1) is 11.3. The molecule has 0 aliphatic carbocycles. The maximum atomic E-state index is 11.7. The first-order chi connectivity index (χ1) is 8.36. The summed E-state index contributed by atoms with van der Waals surface area (Å²) in [6.07, 6.45) is 5.83. The van der Waals surface area contributed by atoms with Crippen LogP contribution < -0.4 is 0 Å². The fourth-order valence-corrected chi connectivity index (χ4v) is 1.50. The zero-order valence-electron chi connectivity index (χ0n) is 9.41. The summed E-state index contributed by atoms with van der Waals surface area (Å²) in [4.78, 5) is 15.7. The summed E-state index contributed by atoms with van der Waals surface area (Å²) in [5.41, 5.74) is 1.62. The fraction of sp³-hybridized carbons (Fsp3) is 0.0667. The summed E-state index contributed by atoms with van der Waals surface area (Å²) >= 11 is 0. The molecule has 0 saturated carbocycles. The van der Waals surface area contributed by atoms with E-state index in [1.165, 1.54) is 0 Å². The van der Waals surface area contributed by atoms with E-state index < -0.39 is 0 Å². The van der Waals surface area contributed by atoms with Crippen LogP contribution in [-0.4, -0.2) is 10.8 Å². The lowest BCUT2D eigenvalue weighted by Crippen LogP contribution is -1.99. The Hall–Kier alpha value is -2.22. The number of ketones is 1. The number of rotatable bonds is 4. The number of pyridine rings is 1. The van der Waals surface area contributed by atoms with Crippen molar-refractivity contribution in [1.82, 2.24) is 4.98 Å². The highest BCUT2D eigenvalue weighted by Gasteiger charge is 2.02. The molecule has 2 heteroatoms. The monoisotopic (exact) mass is 223 g/mol. The van der Waals surface area contributed by atoms with E-state index in [2.05, 4.69) is 4.98 Å². The Kier molecular flexibility index (Phi) is 3.81. The summed E-state index contributed by atoms with van der Waals surface area (Å²) in [5, 5.41) is 0. The fourth-order valence-electron chi connectivity index (χ4n) is 1.50. The molecule has 0 atom stereocenters. The van der Waals surface area contributed by atoms with Gasteiger partial charge >= 0.3 is 0 Å². The number of allylic oxidation sites excluding steroid dienone is 1. The van der Waals surface area contributed by atoms with E-state index in [1.54, 1.807) is 18.3 Å². The van der Waals surface area contributed by atoms with Crippen LogP contribution in [0.4, 0.5) is 0 Å². The molecule has 2 aromatic rings. The molecule has 0 aliphatic heterocycles. The molecular formula is C15H13NO. The standard InChI is InChI=1S/C15H13NO/c17-15(14-10-4-5-12-16-14)11-6-9-13-7-2-1-3-8-13/h1-10,12H,11H2/b9-6+. The Morgan fingerprint density at radius 3 is 2.53 bits per heavy atom. The van der Waals surface area contributed by atoms with Crippen LogP contribution in [0.1, 0.15) is 22.5 Å². The van der Waals surface area contributed by atoms with Crippen LogP contribution in [0.2, 0.25) is 0 Å². The van der Waals surface area contributed by atoms with Gasteiger partial charge in [0.1, 0.15) is 5.69 Å². The summed E-state index contributed by atoms with van der Waals surface area (Å²) in [6.45, 7) is 0. The van der Waals surface area contributed by atoms with Crippen LogP contribution in [0.5, 0.6) is 0 Å². The lowest BCUT2D eigenvalue weighted by Gasteiger charge is -1.95. The van der Waals surface area contributed by atoms with Gasteiger partial charge in [-0.1, -0.05) is 48.6 Å². The molecular weight excluding hydrogens is 210 g/mol. The highest BCUT2D eigenvalue weighted by molar-refractivity contribution is 5.95. The van der Waals surface area contributed by atoms with Gasteiger partial charge in [0.2, 0.25) is 0 Å². The number of hydrogen-bond acceptors (Lipinski definition) is 2. The molecule has 0 aliphatic rings. The molecule has 0 unspecified atom stereocenters. The number of carbonyl (C=O) groups is 1. The predicted octanol–water partition coefficient (Wildman–Crippen LogP) is 3.37. The van der Waals surface area contributed by atoms with Gasteiger partial charge in [0.15, 0.2) is 5.78 Å². The van der Waals surface area contributed by atoms with Gasteiger partial charge in [-0.15, -0.1) is 0 Å². The van der Waals surface area contributed by atoms with Gasteiger partial charge in [-0.25, -0.2) is 0 Å². The summed E-state index contributed by atoms with van der Waals surface area (Å²) in [5.74, 6) is 0.0396. The second-order valence-electron chi connectivity index (χ2n) is 3.66. The van der Waals surface area contributed by atoms with E-state index in [0.717, 1.165) is 5.56 Å². The first-order valence-corrected chi connectivity index (χ1v) is 5.52. The van der Waals surface area contributed by atoms with Crippen molar-refractivity contribution in [2.45, 2.75) is 6.42 Å². The first-order valence-electron chi connectivity index (χ1n) is 5.52. The normalized spacial score (nSPS) is 10.6. The molecule has 0 radical (unpaired) electrons. The van der Waals surface area contributed by atoms with Crippen LogP contribution in [0.15, 0.2) is 60.8 Å². The van der Waals surface area contributed by atoms with Gasteiger partial charge in [-0.3, -0.25) is 9.78 Å². The molecule has 0 saturated heterocycles. The van der Waals surface area contributed by atoms with Crippen molar-refractivity contribution >= 4 is 11.9 Å². The smallest absolute Gasteiger partial charge is 0.184 e. The Bertz CT molecular complexity index is 503. The van der Waals surface area contributed by atoms with Crippen LogP contribution in [-0.2, 0) is 0 Å².